The Labute approximate surface area is 165 Å². The van der Waals surface area contributed by atoms with Gasteiger partial charge in [-0.15, -0.1) is 0 Å². The quantitative estimate of drug-likeness (QED) is 0.712. The molecule has 1 fully saturated rings. The zero-order chi connectivity index (χ0) is 19.8. The number of benzene rings is 1. The van der Waals surface area contributed by atoms with Crippen LogP contribution in [-0.4, -0.2) is 43.5 Å². The zero-order valence-corrected chi connectivity index (χ0v) is 16.1. The zero-order valence-electron chi connectivity index (χ0n) is 16.1. The molecular formula is C21H27N3O4. The highest BCUT2D eigenvalue weighted by Gasteiger charge is 2.21. The molecule has 2 N–H and O–H groups in total. The van der Waals surface area contributed by atoms with E-state index in [9.17, 15) is 9.59 Å². The van der Waals surface area contributed by atoms with Crippen molar-refractivity contribution >= 4 is 11.8 Å². The maximum atomic E-state index is 12.0. The summed E-state index contributed by atoms with van der Waals surface area (Å²) in [7, 11) is 1.60. The van der Waals surface area contributed by atoms with E-state index in [0.717, 1.165) is 49.5 Å². The summed E-state index contributed by atoms with van der Waals surface area (Å²) in [6.07, 6.45) is 3.68. The number of carbonyl (C=O) groups excluding carboxylic acids is 2. The van der Waals surface area contributed by atoms with E-state index in [-0.39, 0.29) is 0 Å². The van der Waals surface area contributed by atoms with E-state index < -0.39 is 11.8 Å². The molecule has 2 heterocycles. The van der Waals surface area contributed by atoms with Crippen LogP contribution in [0.25, 0.3) is 0 Å². The lowest BCUT2D eigenvalue weighted by atomic mass is 9.96. The van der Waals surface area contributed by atoms with E-state index in [4.69, 9.17) is 9.15 Å². The second-order valence-corrected chi connectivity index (χ2v) is 7.04. The van der Waals surface area contributed by atoms with Crippen LogP contribution in [0.2, 0.25) is 0 Å². The number of nitrogens with zero attached hydrogens (tertiary/aromatic N) is 1. The molecule has 1 aliphatic heterocycles. The third-order valence-corrected chi connectivity index (χ3v) is 5.04. The first-order chi connectivity index (χ1) is 13.6. The van der Waals surface area contributed by atoms with Crippen molar-refractivity contribution in [3.8, 4) is 5.75 Å². The number of piperidine rings is 1. The fraction of sp³-hybridized carbons (Fsp3) is 0.429. The molecule has 7 nitrogen and oxygen atoms in total. The molecular weight excluding hydrogens is 358 g/mol. The Morgan fingerprint density at radius 2 is 1.82 bits per heavy atom. The molecule has 0 radical (unpaired) electrons. The number of ether oxygens (including phenoxy) is 1. The first-order valence-corrected chi connectivity index (χ1v) is 9.57. The minimum atomic E-state index is -0.605. The van der Waals surface area contributed by atoms with Crippen molar-refractivity contribution in [3.05, 3.63) is 54.0 Å². The van der Waals surface area contributed by atoms with Gasteiger partial charge in [-0.2, -0.15) is 0 Å². The van der Waals surface area contributed by atoms with Crippen LogP contribution in [0.3, 0.4) is 0 Å². The number of hydrogen-bond acceptors (Lipinski definition) is 5. The minimum Gasteiger partial charge on any atom is -0.497 e. The summed E-state index contributed by atoms with van der Waals surface area (Å²) in [6.45, 7) is 3.58. The number of rotatable bonds is 7. The summed E-state index contributed by atoms with van der Waals surface area (Å²) in [4.78, 5) is 26.3. The molecule has 150 valence electrons. The Kier molecular flexibility index (Phi) is 7.08. The molecule has 7 heteroatoms. The molecule has 2 aromatic rings. The van der Waals surface area contributed by atoms with Crippen molar-refractivity contribution in [1.82, 2.24) is 15.5 Å². The Morgan fingerprint density at radius 1 is 1.11 bits per heavy atom. The van der Waals surface area contributed by atoms with Crippen molar-refractivity contribution in [2.75, 3.05) is 26.7 Å². The summed E-state index contributed by atoms with van der Waals surface area (Å²) in [5.41, 5.74) is 0.908. The van der Waals surface area contributed by atoms with Gasteiger partial charge in [-0.05, 0) is 61.7 Å². The second kappa shape index (κ2) is 9.94. The number of carbonyl (C=O) groups is 2. The van der Waals surface area contributed by atoms with Gasteiger partial charge in [0.2, 0.25) is 0 Å². The summed E-state index contributed by atoms with van der Waals surface area (Å²) in [6, 6.07) is 11.2. The van der Waals surface area contributed by atoms with Crippen LogP contribution in [-0.2, 0) is 22.7 Å². The predicted octanol–water partition coefficient (Wildman–Crippen LogP) is 1.93. The van der Waals surface area contributed by atoms with E-state index in [0.29, 0.717) is 19.0 Å². The van der Waals surface area contributed by atoms with E-state index in [1.807, 2.05) is 36.4 Å². The molecule has 1 aliphatic rings. The summed E-state index contributed by atoms with van der Waals surface area (Å²) in [5.74, 6) is 0.937. The van der Waals surface area contributed by atoms with Gasteiger partial charge >= 0.3 is 11.8 Å². The van der Waals surface area contributed by atoms with Gasteiger partial charge < -0.3 is 19.8 Å². The van der Waals surface area contributed by atoms with Crippen molar-refractivity contribution in [2.24, 2.45) is 5.92 Å². The topological polar surface area (TPSA) is 83.8 Å². The third-order valence-electron chi connectivity index (χ3n) is 5.04. The van der Waals surface area contributed by atoms with Crippen molar-refractivity contribution in [1.29, 1.82) is 0 Å². The monoisotopic (exact) mass is 385 g/mol. The molecule has 0 unspecified atom stereocenters. The van der Waals surface area contributed by atoms with E-state index in [1.165, 1.54) is 0 Å². The van der Waals surface area contributed by atoms with Crippen molar-refractivity contribution < 1.29 is 18.7 Å². The maximum Gasteiger partial charge on any atom is 0.309 e. The van der Waals surface area contributed by atoms with Gasteiger partial charge in [0.15, 0.2) is 0 Å². The van der Waals surface area contributed by atoms with Crippen molar-refractivity contribution in [2.45, 2.75) is 25.9 Å². The van der Waals surface area contributed by atoms with Crippen LogP contribution >= 0.6 is 0 Å². The number of furan rings is 1. The van der Waals surface area contributed by atoms with Gasteiger partial charge in [-0.25, -0.2) is 0 Å². The van der Waals surface area contributed by atoms with Gasteiger partial charge in [0, 0.05) is 13.1 Å². The standard InChI is InChI=1S/C21H27N3O4/c1-27-18-6-4-16(5-7-18)13-22-20(25)21(26)23-14-17-8-10-24(11-9-17)15-19-3-2-12-28-19/h2-7,12,17H,8-11,13-15H2,1H3,(H,22,25)(H,23,26). The molecule has 1 aromatic heterocycles. The normalized spacial score (nSPS) is 15.2. The Bertz CT molecular complexity index is 750. The number of hydrogen-bond donors (Lipinski definition) is 2. The van der Waals surface area contributed by atoms with Crippen LogP contribution in [0.4, 0.5) is 0 Å². The smallest absolute Gasteiger partial charge is 0.309 e. The van der Waals surface area contributed by atoms with Crippen LogP contribution < -0.4 is 15.4 Å². The van der Waals surface area contributed by atoms with Crippen LogP contribution in [0, 0.1) is 5.92 Å². The van der Waals surface area contributed by atoms with Gasteiger partial charge in [0.1, 0.15) is 11.5 Å². The molecule has 0 spiro atoms. The van der Waals surface area contributed by atoms with E-state index in [2.05, 4.69) is 15.5 Å². The summed E-state index contributed by atoms with van der Waals surface area (Å²) < 4.78 is 10.5. The first kappa shape index (κ1) is 19.9. The second-order valence-electron chi connectivity index (χ2n) is 7.04. The Morgan fingerprint density at radius 3 is 2.46 bits per heavy atom. The lowest BCUT2D eigenvalue weighted by Crippen LogP contribution is -2.43. The number of likely N-dealkylation sites (tertiary alicyclic amines) is 1. The van der Waals surface area contributed by atoms with E-state index >= 15 is 0 Å². The van der Waals surface area contributed by atoms with Gasteiger partial charge in [0.25, 0.3) is 0 Å². The highest BCUT2D eigenvalue weighted by atomic mass is 16.5. The highest BCUT2D eigenvalue weighted by Crippen LogP contribution is 2.18. The molecule has 0 saturated carbocycles. The van der Waals surface area contributed by atoms with Crippen molar-refractivity contribution in [3.63, 3.8) is 0 Å². The van der Waals surface area contributed by atoms with Crippen LogP contribution in [0.1, 0.15) is 24.2 Å². The fourth-order valence-electron chi connectivity index (χ4n) is 3.29. The summed E-state index contributed by atoms with van der Waals surface area (Å²) >= 11 is 0. The lowest BCUT2D eigenvalue weighted by molar-refractivity contribution is -0.139. The average Bonchev–Trinajstić information content (AvgIpc) is 3.24. The molecule has 0 atom stereocenters. The molecule has 2 amide bonds. The molecule has 3 rings (SSSR count). The van der Waals surface area contributed by atoms with Crippen LogP contribution in [0.15, 0.2) is 47.1 Å². The molecule has 1 saturated heterocycles. The predicted molar refractivity (Wildman–Crippen MR) is 105 cm³/mol. The lowest BCUT2D eigenvalue weighted by Gasteiger charge is -2.31. The largest absolute Gasteiger partial charge is 0.497 e. The number of methoxy groups -OCH3 is 1. The van der Waals surface area contributed by atoms with Gasteiger partial charge in [-0.3, -0.25) is 14.5 Å². The molecule has 1 aromatic carbocycles. The Hall–Kier alpha value is -2.80. The maximum absolute atomic E-state index is 12.0. The van der Waals surface area contributed by atoms with Gasteiger partial charge in [-0.1, -0.05) is 12.1 Å². The average molecular weight is 385 g/mol. The number of nitrogens with one attached hydrogen (secondary N) is 2. The Balaban J connectivity index is 1.32. The SMILES string of the molecule is COc1ccc(CNC(=O)C(=O)NCC2CCN(Cc3ccco3)CC2)cc1. The third kappa shape index (κ3) is 5.85. The molecule has 28 heavy (non-hydrogen) atoms. The molecule has 0 aliphatic carbocycles. The minimum absolute atomic E-state index is 0.307. The van der Waals surface area contributed by atoms with Crippen LogP contribution in [0.5, 0.6) is 5.75 Å². The summed E-state index contributed by atoms with van der Waals surface area (Å²) in [5, 5.41) is 5.40. The highest BCUT2D eigenvalue weighted by molar-refractivity contribution is 6.35. The first-order valence-electron chi connectivity index (χ1n) is 9.57. The van der Waals surface area contributed by atoms with E-state index in [1.54, 1.807) is 13.4 Å². The van der Waals surface area contributed by atoms with Gasteiger partial charge in [0.05, 0.1) is 19.9 Å². The fourth-order valence-corrected chi connectivity index (χ4v) is 3.29. The molecule has 0 bridgehead atoms. The number of amides is 2.